The van der Waals surface area contributed by atoms with E-state index in [-0.39, 0.29) is 23.6 Å². The maximum atomic E-state index is 14.4. The van der Waals surface area contributed by atoms with Gasteiger partial charge in [-0.1, -0.05) is 56.8 Å². The fraction of sp³-hybridized carbons (Fsp3) is 0.500. The predicted molar refractivity (Wildman–Crippen MR) is 188 cm³/mol. The van der Waals surface area contributed by atoms with E-state index in [1.54, 1.807) is 71.9 Å². The molecule has 0 saturated heterocycles. The van der Waals surface area contributed by atoms with E-state index >= 15 is 0 Å². The highest BCUT2D eigenvalue weighted by Crippen LogP contribution is 2.35. The van der Waals surface area contributed by atoms with Gasteiger partial charge in [0.15, 0.2) is 0 Å². The van der Waals surface area contributed by atoms with Gasteiger partial charge in [0.25, 0.3) is 5.91 Å². The Bertz CT molecular complexity index is 1570. The largest absolute Gasteiger partial charge is 0.465 e. The number of aromatic nitrogens is 1. The Morgan fingerprint density at radius 1 is 0.957 bits per heavy atom. The van der Waals surface area contributed by atoms with Crippen molar-refractivity contribution in [3.63, 3.8) is 0 Å². The maximum Gasteiger partial charge on any atom is 0.422 e. The van der Waals surface area contributed by atoms with Crippen molar-refractivity contribution in [2.24, 2.45) is 5.92 Å². The number of ether oxygens (including phenoxy) is 3. The van der Waals surface area contributed by atoms with Crippen molar-refractivity contribution in [3.05, 3.63) is 59.2 Å². The Balaban J connectivity index is 2.02. The lowest BCUT2D eigenvalue weighted by Crippen LogP contribution is -2.41. The Morgan fingerprint density at radius 3 is 2.26 bits per heavy atom. The third-order valence-electron chi connectivity index (χ3n) is 7.04. The van der Waals surface area contributed by atoms with Crippen molar-refractivity contribution < 1.29 is 33.4 Å². The molecular formula is C36H47ClN2O7S. The SMILES string of the molecule is CCCCC(CC)COC(=O)CCSc1cccc2c1c(C(=O)N(C(=O)OC(C)(C)C)c1cccc(Cl)c1)cn2C(=O)OC(C)(C)C. The number of benzene rings is 2. The lowest BCUT2D eigenvalue weighted by molar-refractivity contribution is -0.144. The van der Waals surface area contributed by atoms with E-state index in [1.807, 2.05) is 6.07 Å². The van der Waals surface area contributed by atoms with E-state index in [0.717, 1.165) is 30.6 Å². The van der Waals surface area contributed by atoms with Gasteiger partial charge in [0.1, 0.15) is 11.2 Å². The fourth-order valence-corrected chi connectivity index (χ4v) is 5.98. The Labute approximate surface area is 287 Å². The lowest BCUT2D eigenvalue weighted by atomic mass is 10.0. The number of fused-ring (bicyclic) bond motifs is 1. The molecule has 0 aliphatic heterocycles. The summed E-state index contributed by atoms with van der Waals surface area (Å²) in [5, 5.41) is 0.752. The molecule has 0 radical (unpaired) electrons. The summed E-state index contributed by atoms with van der Waals surface area (Å²) in [7, 11) is 0. The Morgan fingerprint density at radius 2 is 1.64 bits per heavy atom. The van der Waals surface area contributed by atoms with Crippen LogP contribution in [0, 0.1) is 5.92 Å². The second-order valence-corrected chi connectivity index (χ2v) is 14.9. The van der Waals surface area contributed by atoms with Crippen LogP contribution in [0.5, 0.6) is 0 Å². The summed E-state index contributed by atoms with van der Waals surface area (Å²) in [6, 6.07) is 11.6. The normalized spacial score (nSPS) is 12.4. The number of hydrogen-bond acceptors (Lipinski definition) is 8. The minimum absolute atomic E-state index is 0.0732. The molecule has 0 saturated carbocycles. The first kappa shape index (κ1) is 38.0. The highest BCUT2D eigenvalue weighted by Gasteiger charge is 2.33. The Hall–Kier alpha value is -3.50. The molecule has 11 heteroatoms. The van der Waals surface area contributed by atoms with Gasteiger partial charge >= 0.3 is 18.2 Å². The molecule has 0 aliphatic carbocycles. The average Bonchev–Trinajstić information content (AvgIpc) is 3.36. The molecule has 1 unspecified atom stereocenters. The van der Waals surface area contributed by atoms with Crippen molar-refractivity contribution in [2.45, 2.75) is 104 Å². The molecule has 9 nitrogen and oxygen atoms in total. The molecule has 1 atom stereocenters. The summed E-state index contributed by atoms with van der Waals surface area (Å²) < 4.78 is 18.1. The molecule has 3 aromatic rings. The molecule has 1 aromatic heterocycles. The molecule has 2 aromatic carbocycles. The standard InChI is InChI=1S/C36H47ClN2O7S/c1-9-11-14-24(10-2)23-44-30(40)19-20-47-29-18-13-17-28-31(29)27(22-38(28)33(42)45-35(3,4)5)32(41)39(34(43)46-36(6,7)8)26-16-12-15-25(37)21-26/h12-13,15-18,21-22,24H,9-11,14,19-20,23H2,1-8H3. The number of unbranched alkanes of at least 4 members (excludes halogenated alkanes) is 1. The second-order valence-electron chi connectivity index (χ2n) is 13.3. The van der Waals surface area contributed by atoms with E-state index in [1.165, 1.54) is 28.6 Å². The van der Waals surface area contributed by atoms with Crippen molar-refractivity contribution in [3.8, 4) is 0 Å². The van der Waals surface area contributed by atoms with Gasteiger partial charge in [0.05, 0.1) is 29.8 Å². The number of amides is 2. The van der Waals surface area contributed by atoms with Crippen molar-refractivity contribution in [1.29, 1.82) is 0 Å². The van der Waals surface area contributed by atoms with E-state index in [4.69, 9.17) is 25.8 Å². The summed E-state index contributed by atoms with van der Waals surface area (Å²) in [5.74, 6) is -0.300. The summed E-state index contributed by atoms with van der Waals surface area (Å²) >= 11 is 7.62. The maximum absolute atomic E-state index is 14.4. The van der Waals surface area contributed by atoms with E-state index in [9.17, 15) is 19.2 Å². The molecule has 3 rings (SSSR count). The quantitative estimate of drug-likeness (QED) is 0.105. The van der Waals surface area contributed by atoms with E-state index in [2.05, 4.69) is 13.8 Å². The van der Waals surface area contributed by atoms with Crippen LogP contribution >= 0.6 is 23.4 Å². The van der Waals surface area contributed by atoms with Crippen molar-refractivity contribution in [1.82, 2.24) is 4.57 Å². The molecule has 1 heterocycles. The average molecular weight is 687 g/mol. The van der Waals surface area contributed by atoms with Crippen molar-refractivity contribution in [2.75, 3.05) is 17.3 Å². The van der Waals surface area contributed by atoms with Gasteiger partial charge < -0.3 is 14.2 Å². The topological polar surface area (TPSA) is 104 Å². The zero-order valence-corrected chi connectivity index (χ0v) is 30.3. The molecule has 0 N–H and O–H groups in total. The van der Waals surface area contributed by atoms with Crippen LogP contribution in [-0.4, -0.2) is 52.2 Å². The van der Waals surface area contributed by atoms with E-state index in [0.29, 0.717) is 39.1 Å². The minimum atomic E-state index is -0.903. The number of esters is 1. The van der Waals surface area contributed by atoms with Crippen LogP contribution < -0.4 is 4.90 Å². The molecule has 0 spiro atoms. The number of carbonyl (C=O) groups excluding carboxylic acids is 4. The fourth-order valence-electron chi connectivity index (χ4n) is 4.77. The number of rotatable bonds is 12. The number of imide groups is 1. The lowest BCUT2D eigenvalue weighted by Gasteiger charge is -2.26. The molecule has 2 amide bonds. The third-order valence-corrected chi connectivity index (χ3v) is 8.34. The molecule has 256 valence electrons. The summed E-state index contributed by atoms with van der Waals surface area (Å²) in [6.07, 6.45) is 4.12. The number of thioether (sulfide) groups is 1. The smallest absolute Gasteiger partial charge is 0.422 e. The Kier molecular flexibility index (Phi) is 13.4. The first-order chi connectivity index (χ1) is 22.0. The number of anilines is 1. The van der Waals surface area contributed by atoms with Crippen LogP contribution in [-0.2, 0) is 19.0 Å². The van der Waals surface area contributed by atoms with Crippen LogP contribution in [0.1, 0.15) is 97.9 Å². The van der Waals surface area contributed by atoms with Gasteiger partial charge in [0, 0.05) is 27.3 Å². The van der Waals surface area contributed by atoms with Gasteiger partial charge in [-0.2, -0.15) is 0 Å². The number of halogens is 1. The van der Waals surface area contributed by atoms with Crippen LogP contribution in [0.3, 0.4) is 0 Å². The molecule has 47 heavy (non-hydrogen) atoms. The van der Waals surface area contributed by atoms with Gasteiger partial charge in [-0.3, -0.25) is 14.2 Å². The third kappa shape index (κ3) is 11.0. The van der Waals surface area contributed by atoms with Crippen LogP contribution in [0.25, 0.3) is 10.9 Å². The van der Waals surface area contributed by atoms with Crippen molar-refractivity contribution >= 4 is 64.0 Å². The van der Waals surface area contributed by atoms with Gasteiger partial charge in [-0.25, -0.2) is 14.5 Å². The monoisotopic (exact) mass is 686 g/mol. The minimum Gasteiger partial charge on any atom is -0.465 e. The van der Waals surface area contributed by atoms with E-state index < -0.39 is 29.3 Å². The first-order valence-electron chi connectivity index (χ1n) is 16.0. The second kappa shape index (κ2) is 16.6. The van der Waals surface area contributed by atoms with Crippen LogP contribution in [0.4, 0.5) is 15.3 Å². The van der Waals surface area contributed by atoms with Gasteiger partial charge in [-0.05, 0) is 84.2 Å². The predicted octanol–water partition coefficient (Wildman–Crippen LogP) is 9.90. The molecule has 0 bridgehead atoms. The summed E-state index contributed by atoms with van der Waals surface area (Å²) in [5.41, 5.74) is -1.02. The van der Waals surface area contributed by atoms with Crippen LogP contribution in [0.2, 0.25) is 5.02 Å². The van der Waals surface area contributed by atoms with Crippen LogP contribution in [0.15, 0.2) is 53.6 Å². The first-order valence-corrected chi connectivity index (χ1v) is 17.4. The molecule has 0 aliphatic rings. The molecule has 0 fully saturated rings. The summed E-state index contributed by atoms with van der Waals surface area (Å²) in [6.45, 7) is 15.0. The highest BCUT2D eigenvalue weighted by molar-refractivity contribution is 7.99. The summed E-state index contributed by atoms with van der Waals surface area (Å²) in [4.78, 5) is 55.6. The number of carbonyl (C=O) groups is 4. The zero-order valence-electron chi connectivity index (χ0n) is 28.7. The molecular weight excluding hydrogens is 640 g/mol. The number of nitrogens with zero attached hydrogens (tertiary/aromatic N) is 2. The highest BCUT2D eigenvalue weighted by atomic mass is 35.5. The zero-order chi connectivity index (χ0) is 34.9. The van der Waals surface area contributed by atoms with Gasteiger partial charge in [-0.15, -0.1) is 11.8 Å². The van der Waals surface area contributed by atoms with Gasteiger partial charge in [0.2, 0.25) is 0 Å². The number of hydrogen-bond donors (Lipinski definition) is 0.